The molecule has 146 valence electrons. The van der Waals surface area contributed by atoms with Crippen LogP contribution >= 0.6 is 0 Å². The minimum Gasteiger partial charge on any atom is -0.495 e. The van der Waals surface area contributed by atoms with Crippen LogP contribution in [-0.2, 0) is 0 Å². The van der Waals surface area contributed by atoms with Gasteiger partial charge in [0.05, 0.1) is 28.8 Å². The first-order valence-electron chi connectivity index (χ1n) is 9.19. The van der Waals surface area contributed by atoms with Gasteiger partial charge in [-0.1, -0.05) is 36.4 Å². The highest BCUT2D eigenvalue weighted by Gasteiger charge is 2.21. The second kappa shape index (κ2) is 6.93. The molecule has 2 heterocycles. The molecule has 0 radical (unpaired) electrons. The van der Waals surface area contributed by atoms with E-state index in [2.05, 4.69) is 4.98 Å². The summed E-state index contributed by atoms with van der Waals surface area (Å²) < 4.78 is 7.38. The van der Waals surface area contributed by atoms with Crippen molar-refractivity contribution < 1.29 is 9.66 Å². The molecule has 0 aliphatic heterocycles. The number of aromatic nitrogens is 4. The topological polar surface area (TPSA) is 96.0 Å². The third kappa shape index (κ3) is 2.82. The molecule has 5 rings (SSSR count). The van der Waals surface area contributed by atoms with Crippen LogP contribution in [0.3, 0.4) is 0 Å². The predicted molar refractivity (Wildman–Crippen MR) is 113 cm³/mol. The van der Waals surface area contributed by atoms with Crippen molar-refractivity contribution in [1.82, 2.24) is 19.5 Å². The molecule has 0 N–H and O–H groups in total. The number of para-hydroxylation sites is 4. The second-order valence-corrected chi connectivity index (χ2v) is 6.61. The summed E-state index contributed by atoms with van der Waals surface area (Å²) in [6.07, 6.45) is 0. The number of methoxy groups -OCH3 is 1. The Morgan fingerprint density at radius 3 is 2.40 bits per heavy atom. The molecule has 0 fully saturated rings. The van der Waals surface area contributed by atoms with Crippen LogP contribution in [0.1, 0.15) is 0 Å². The summed E-state index contributed by atoms with van der Waals surface area (Å²) in [5, 5.41) is 11.3. The molecule has 5 aromatic rings. The van der Waals surface area contributed by atoms with Crippen LogP contribution in [0.15, 0.2) is 72.8 Å². The maximum absolute atomic E-state index is 11.3. The number of imidazole rings is 1. The molecule has 0 unspecified atom stereocenters. The van der Waals surface area contributed by atoms with E-state index in [0.29, 0.717) is 34.1 Å². The molecule has 0 saturated heterocycles. The van der Waals surface area contributed by atoms with Gasteiger partial charge in [-0.2, -0.15) is 0 Å². The lowest BCUT2D eigenvalue weighted by Crippen LogP contribution is -2.02. The van der Waals surface area contributed by atoms with Crippen LogP contribution in [0.25, 0.3) is 39.4 Å². The monoisotopic (exact) mass is 397 g/mol. The quantitative estimate of drug-likeness (QED) is 0.326. The lowest BCUT2D eigenvalue weighted by atomic mass is 10.2. The van der Waals surface area contributed by atoms with E-state index in [0.717, 1.165) is 11.0 Å². The molecule has 30 heavy (non-hydrogen) atoms. The zero-order valence-corrected chi connectivity index (χ0v) is 15.9. The third-order valence-corrected chi connectivity index (χ3v) is 4.81. The number of ether oxygens (including phenoxy) is 1. The normalized spacial score (nSPS) is 11.1. The number of hydrogen-bond acceptors (Lipinski definition) is 6. The fraction of sp³-hybridized carbons (Fsp3) is 0.0455. The van der Waals surface area contributed by atoms with Crippen molar-refractivity contribution in [3.63, 3.8) is 0 Å². The number of non-ortho nitro benzene ring substituents is 1. The Morgan fingerprint density at radius 1 is 0.900 bits per heavy atom. The molecule has 2 aromatic heterocycles. The van der Waals surface area contributed by atoms with Gasteiger partial charge in [0.15, 0.2) is 11.3 Å². The molecular formula is C22H15N5O3. The first kappa shape index (κ1) is 17.7. The van der Waals surface area contributed by atoms with E-state index in [-0.39, 0.29) is 5.69 Å². The van der Waals surface area contributed by atoms with Crippen LogP contribution < -0.4 is 4.74 Å². The molecule has 0 aliphatic carbocycles. The lowest BCUT2D eigenvalue weighted by Gasteiger charge is -2.12. The Hall–Kier alpha value is -4.33. The van der Waals surface area contributed by atoms with Gasteiger partial charge in [-0.25, -0.2) is 15.0 Å². The number of nitrogens with zero attached hydrogens (tertiary/aromatic N) is 5. The average Bonchev–Trinajstić information content (AvgIpc) is 3.15. The maximum Gasteiger partial charge on any atom is 0.270 e. The molecule has 0 aliphatic rings. The van der Waals surface area contributed by atoms with Crippen LogP contribution in [0.5, 0.6) is 5.75 Å². The zero-order valence-electron chi connectivity index (χ0n) is 15.9. The lowest BCUT2D eigenvalue weighted by molar-refractivity contribution is -0.384. The van der Waals surface area contributed by atoms with E-state index in [4.69, 9.17) is 14.7 Å². The number of benzene rings is 3. The van der Waals surface area contributed by atoms with Gasteiger partial charge in [0.2, 0.25) is 0 Å². The molecule has 0 saturated carbocycles. The van der Waals surface area contributed by atoms with Gasteiger partial charge in [0.25, 0.3) is 5.69 Å². The number of nitro benzene ring substituents is 1. The van der Waals surface area contributed by atoms with Gasteiger partial charge >= 0.3 is 0 Å². The van der Waals surface area contributed by atoms with Crippen molar-refractivity contribution in [2.45, 2.75) is 0 Å². The van der Waals surface area contributed by atoms with Crippen molar-refractivity contribution in [2.75, 3.05) is 7.11 Å². The Balaban J connectivity index is 1.89. The minimum atomic E-state index is -0.426. The van der Waals surface area contributed by atoms with E-state index < -0.39 is 4.92 Å². The Morgan fingerprint density at radius 2 is 1.63 bits per heavy atom. The summed E-state index contributed by atoms with van der Waals surface area (Å²) in [4.78, 5) is 25.0. The molecular weight excluding hydrogens is 382 g/mol. The Kier molecular flexibility index (Phi) is 4.10. The van der Waals surface area contributed by atoms with Gasteiger partial charge in [0, 0.05) is 17.7 Å². The molecule has 8 nitrogen and oxygen atoms in total. The van der Waals surface area contributed by atoms with E-state index in [1.165, 1.54) is 12.1 Å². The SMILES string of the molecule is COc1ccccc1-n1c(-c2cccc([N+](=O)[O-])c2)nc2nc3ccccc3nc21. The van der Waals surface area contributed by atoms with Gasteiger partial charge in [-0.15, -0.1) is 0 Å². The van der Waals surface area contributed by atoms with Crippen LogP contribution in [0, 0.1) is 10.1 Å². The Bertz CT molecular complexity index is 1430. The minimum absolute atomic E-state index is 0.0165. The fourth-order valence-corrected chi connectivity index (χ4v) is 3.45. The standard InChI is InChI=1S/C22H15N5O3/c1-30-19-12-5-4-11-18(19)26-21(14-7-6-8-15(13-14)27(28)29)25-20-22(26)24-17-10-3-2-9-16(17)23-20/h2-13H,1H3. The summed E-state index contributed by atoms with van der Waals surface area (Å²) in [6.45, 7) is 0. The fourth-order valence-electron chi connectivity index (χ4n) is 3.45. The zero-order chi connectivity index (χ0) is 20.7. The third-order valence-electron chi connectivity index (χ3n) is 4.81. The smallest absolute Gasteiger partial charge is 0.270 e. The Labute approximate surface area is 170 Å². The predicted octanol–water partition coefficient (Wildman–Crippen LogP) is 4.55. The highest BCUT2D eigenvalue weighted by molar-refractivity contribution is 5.86. The van der Waals surface area contributed by atoms with E-state index >= 15 is 0 Å². The first-order chi connectivity index (χ1) is 14.7. The van der Waals surface area contributed by atoms with Crippen LogP contribution in [-0.4, -0.2) is 31.6 Å². The van der Waals surface area contributed by atoms with Gasteiger partial charge in [-0.3, -0.25) is 14.7 Å². The molecule has 0 spiro atoms. The van der Waals surface area contributed by atoms with E-state index in [9.17, 15) is 10.1 Å². The van der Waals surface area contributed by atoms with Gasteiger partial charge in [0.1, 0.15) is 11.6 Å². The van der Waals surface area contributed by atoms with E-state index in [1.807, 2.05) is 53.1 Å². The van der Waals surface area contributed by atoms with Crippen LogP contribution in [0.2, 0.25) is 0 Å². The highest BCUT2D eigenvalue weighted by atomic mass is 16.6. The summed E-state index contributed by atoms with van der Waals surface area (Å²) in [5.74, 6) is 1.12. The van der Waals surface area contributed by atoms with Crippen molar-refractivity contribution in [2.24, 2.45) is 0 Å². The summed E-state index contributed by atoms with van der Waals surface area (Å²) in [7, 11) is 1.59. The van der Waals surface area contributed by atoms with Gasteiger partial charge in [-0.05, 0) is 24.3 Å². The van der Waals surface area contributed by atoms with Crippen LogP contribution in [0.4, 0.5) is 5.69 Å². The molecule has 0 bridgehead atoms. The van der Waals surface area contributed by atoms with Gasteiger partial charge < -0.3 is 4.74 Å². The number of fused-ring (bicyclic) bond motifs is 2. The summed E-state index contributed by atoms with van der Waals surface area (Å²) >= 11 is 0. The maximum atomic E-state index is 11.3. The van der Waals surface area contributed by atoms with Crippen molar-refractivity contribution in [3.8, 4) is 22.8 Å². The summed E-state index contributed by atoms with van der Waals surface area (Å²) in [6, 6.07) is 21.4. The highest BCUT2D eigenvalue weighted by Crippen LogP contribution is 2.33. The molecule has 0 amide bonds. The van der Waals surface area contributed by atoms with Crippen molar-refractivity contribution >= 4 is 28.0 Å². The second-order valence-electron chi connectivity index (χ2n) is 6.61. The molecule has 0 atom stereocenters. The van der Waals surface area contributed by atoms with E-state index in [1.54, 1.807) is 19.2 Å². The first-order valence-corrected chi connectivity index (χ1v) is 9.19. The number of rotatable bonds is 4. The molecule has 3 aromatic carbocycles. The number of hydrogen-bond donors (Lipinski definition) is 0. The molecule has 8 heteroatoms. The summed E-state index contributed by atoms with van der Waals surface area (Å²) in [5.41, 5.74) is 3.72. The van der Waals surface area contributed by atoms with Crippen molar-refractivity contribution in [1.29, 1.82) is 0 Å². The van der Waals surface area contributed by atoms with Crippen molar-refractivity contribution in [3.05, 3.63) is 82.9 Å². The largest absolute Gasteiger partial charge is 0.495 e. The number of nitro groups is 1. The average molecular weight is 397 g/mol.